The average molecular weight is 321 g/mol. The van der Waals surface area contributed by atoms with E-state index in [1.165, 1.54) is 12.2 Å². The molecule has 6 heteroatoms. The Morgan fingerprint density at radius 3 is 2.83 bits per heavy atom. The van der Waals surface area contributed by atoms with Gasteiger partial charge in [-0.3, -0.25) is 4.79 Å². The Morgan fingerprint density at radius 2 is 2.13 bits per heavy atom. The summed E-state index contributed by atoms with van der Waals surface area (Å²) in [7, 11) is 0. The summed E-state index contributed by atoms with van der Waals surface area (Å²) < 4.78 is 13.6. The van der Waals surface area contributed by atoms with Crippen LogP contribution >= 0.6 is 0 Å². The van der Waals surface area contributed by atoms with Gasteiger partial charge >= 0.3 is 6.03 Å². The predicted octanol–water partition coefficient (Wildman–Crippen LogP) is 2.32. The summed E-state index contributed by atoms with van der Waals surface area (Å²) in [4.78, 5) is 26.4. The average Bonchev–Trinajstić information content (AvgIpc) is 2.72. The molecule has 0 saturated carbocycles. The largest absolute Gasteiger partial charge is 0.337 e. The molecule has 3 rings (SSSR count). The van der Waals surface area contributed by atoms with E-state index < -0.39 is 11.4 Å². The minimum Gasteiger partial charge on any atom is -0.337 e. The molecule has 0 radical (unpaired) electrons. The topological polar surface area (TPSA) is 61.4 Å². The standard InChI is InChI=1S/C17H24FN3O2/c1-17(2)13-4-3-12(18)9-14(13)21(15(17)22)16(23)20-10-11-5-7-19-8-6-11/h3,9,11,13,19H,4-8,10H2,1-2H3,(H,20,23). The van der Waals surface area contributed by atoms with Crippen molar-refractivity contribution in [1.29, 1.82) is 0 Å². The van der Waals surface area contributed by atoms with Crippen LogP contribution in [0.25, 0.3) is 0 Å². The molecule has 0 aromatic carbocycles. The van der Waals surface area contributed by atoms with Crippen molar-refractivity contribution in [2.24, 2.45) is 17.3 Å². The number of nitrogens with one attached hydrogen (secondary N) is 2. The third-order valence-electron chi connectivity index (χ3n) is 5.28. The van der Waals surface area contributed by atoms with E-state index in [0.717, 1.165) is 30.8 Å². The van der Waals surface area contributed by atoms with Gasteiger partial charge in [0.05, 0.1) is 5.41 Å². The molecule has 2 fully saturated rings. The van der Waals surface area contributed by atoms with Crippen LogP contribution in [-0.2, 0) is 4.79 Å². The van der Waals surface area contributed by atoms with Crippen LogP contribution in [0.3, 0.4) is 0 Å². The monoisotopic (exact) mass is 321 g/mol. The Bertz CT molecular complexity index is 576. The molecule has 23 heavy (non-hydrogen) atoms. The van der Waals surface area contributed by atoms with E-state index in [0.29, 0.717) is 24.6 Å². The van der Waals surface area contributed by atoms with Crippen LogP contribution in [-0.4, -0.2) is 36.5 Å². The number of allylic oxidation sites excluding steroid dienone is 4. The fourth-order valence-electron chi connectivity index (χ4n) is 3.70. The number of urea groups is 1. The lowest BCUT2D eigenvalue weighted by molar-refractivity contribution is -0.132. The summed E-state index contributed by atoms with van der Waals surface area (Å²) in [5, 5.41) is 6.15. The predicted molar refractivity (Wildman–Crippen MR) is 85.0 cm³/mol. The number of piperidine rings is 1. The van der Waals surface area contributed by atoms with Gasteiger partial charge in [-0.15, -0.1) is 0 Å². The Morgan fingerprint density at radius 1 is 1.43 bits per heavy atom. The highest BCUT2D eigenvalue weighted by molar-refractivity contribution is 6.02. The van der Waals surface area contributed by atoms with Crippen LogP contribution in [0.5, 0.6) is 0 Å². The summed E-state index contributed by atoms with van der Waals surface area (Å²) in [6.45, 7) is 6.12. The zero-order valence-electron chi connectivity index (χ0n) is 13.7. The third kappa shape index (κ3) is 2.92. The highest BCUT2D eigenvalue weighted by Gasteiger charge is 2.53. The van der Waals surface area contributed by atoms with Crippen LogP contribution in [0.2, 0.25) is 0 Å². The lowest BCUT2D eigenvalue weighted by Crippen LogP contribution is -2.44. The molecule has 0 aromatic heterocycles. The highest BCUT2D eigenvalue weighted by Crippen LogP contribution is 2.48. The highest BCUT2D eigenvalue weighted by atomic mass is 19.1. The molecule has 2 saturated heterocycles. The second-order valence-electron chi connectivity index (χ2n) is 7.19. The minimum absolute atomic E-state index is 0.140. The van der Waals surface area contributed by atoms with Crippen LogP contribution in [0.1, 0.15) is 33.1 Å². The molecule has 126 valence electrons. The molecule has 2 aliphatic heterocycles. The molecular weight excluding hydrogens is 297 g/mol. The molecular formula is C17H24FN3O2. The van der Waals surface area contributed by atoms with E-state index >= 15 is 0 Å². The maximum Gasteiger partial charge on any atom is 0.328 e. The van der Waals surface area contributed by atoms with Crippen molar-refractivity contribution in [1.82, 2.24) is 15.5 Å². The fraction of sp³-hybridized carbons (Fsp3) is 0.647. The number of hydrogen-bond donors (Lipinski definition) is 2. The molecule has 2 heterocycles. The van der Waals surface area contributed by atoms with Gasteiger partial charge in [-0.25, -0.2) is 14.1 Å². The summed E-state index contributed by atoms with van der Waals surface area (Å²) in [6, 6.07) is -0.426. The van der Waals surface area contributed by atoms with Crippen LogP contribution in [0, 0.1) is 17.3 Å². The van der Waals surface area contributed by atoms with Gasteiger partial charge in [0.25, 0.3) is 0 Å². The van der Waals surface area contributed by atoms with Gasteiger partial charge in [0.2, 0.25) is 5.91 Å². The molecule has 0 aromatic rings. The van der Waals surface area contributed by atoms with Crippen molar-refractivity contribution in [3.63, 3.8) is 0 Å². The van der Waals surface area contributed by atoms with Crippen LogP contribution in [0.4, 0.5) is 9.18 Å². The molecule has 0 spiro atoms. The zero-order chi connectivity index (χ0) is 16.6. The van der Waals surface area contributed by atoms with Crippen molar-refractivity contribution < 1.29 is 14.0 Å². The first-order valence-corrected chi connectivity index (χ1v) is 8.31. The van der Waals surface area contributed by atoms with Crippen molar-refractivity contribution in [2.75, 3.05) is 19.6 Å². The van der Waals surface area contributed by atoms with E-state index in [1.54, 1.807) is 0 Å². The lowest BCUT2D eigenvalue weighted by Gasteiger charge is -2.25. The van der Waals surface area contributed by atoms with Crippen molar-refractivity contribution in [3.05, 3.63) is 23.7 Å². The first-order valence-electron chi connectivity index (χ1n) is 8.31. The van der Waals surface area contributed by atoms with Crippen LogP contribution < -0.4 is 10.6 Å². The van der Waals surface area contributed by atoms with Crippen molar-refractivity contribution in [3.8, 4) is 0 Å². The number of halogens is 1. The molecule has 0 bridgehead atoms. The minimum atomic E-state index is -0.685. The van der Waals surface area contributed by atoms with E-state index in [4.69, 9.17) is 0 Å². The molecule has 3 aliphatic rings. The van der Waals surface area contributed by atoms with E-state index in [-0.39, 0.29) is 17.7 Å². The van der Waals surface area contributed by atoms with Gasteiger partial charge in [0.15, 0.2) is 0 Å². The summed E-state index contributed by atoms with van der Waals surface area (Å²) in [5.41, 5.74) is -0.197. The quantitative estimate of drug-likeness (QED) is 0.820. The van der Waals surface area contributed by atoms with Crippen molar-refractivity contribution >= 4 is 11.9 Å². The molecule has 2 N–H and O–H groups in total. The number of hydrogen-bond acceptors (Lipinski definition) is 3. The second kappa shape index (κ2) is 6.07. The number of carbonyl (C=O) groups is 2. The zero-order valence-corrected chi connectivity index (χ0v) is 13.7. The Balaban J connectivity index is 1.73. The molecule has 1 atom stereocenters. The maximum absolute atomic E-state index is 13.6. The van der Waals surface area contributed by atoms with E-state index in [2.05, 4.69) is 10.6 Å². The maximum atomic E-state index is 13.6. The van der Waals surface area contributed by atoms with Gasteiger partial charge in [-0.05, 0) is 50.4 Å². The van der Waals surface area contributed by atoms with Gasteiger partial charge in [0.1, 0.15) is 5.83 Å². The number of amides is 3. The van der Waals surface area contributed by atoms with Crippen molar-refractivity contribution in [2.45, 2.75) is 33.1 Å². The molecule has 1 unspecified atom stereocenters. The summed E-state index contributed by atoms with van der Waals surface area (Å²) in [5.74, 6) is -0.338. The Labute approximate surface area is 136 Å². The van der Waals surface area contributed by atoms with E-state index in [9.17, 15) is 14.0 Å². The summed E-state index contributed by atoms with van der Waals surface area (Å²) >= 11 is 0. The SMILES string of the molecule is CC1(C)C(=O)N(C(=O)NCC2CCNCC2)C2=CC(F)=CCC21. The van der Waals surface area contributed by atoms with Gasteiger partial charge in [-0.1, -0.05) is 13.8 Å². The number of likely N-dealkylation sites (tertiary alicyclic amines) is 1. The lowest BCUT2D eigenvalue weighted by atomic mass is 9.77. The number of nitrogens with zero attached hydrogens (tertiary/aromatic N) is 1. The van der Waals surface area contributed by atoms with Gasteiger partial charge in [-0.2, -0.15) is 0 Å². The van der Waals surface area contributed by atoms with E-state index in [1.807, 2.05) is 13.8 Å². The summed E-state index contributed by atoms with van der Waals surface area (Å²) in [6.07, 6.45) is 5.30. The molecule has 5 nitrogen and oxygen atoms in total. The number of imide groups is 1. The number of fused-ring (bicyclic) bond motifs is 1. The number of carbonyl (C=O) groups excluding carboxylic acids is 2. The smallest absolute Gasteiger partial charge is 0.328 e. The van der Waals surface area contributed by atoms with Gasteiger partial charge in [0, 0.05) is 18.2 Å². The third-order valence-corrected chi connectivity index (χ3v) is 5.28. The Kier molecular flexibility index (Phi) is 4.27. The Hall–Kier alpha value is -1.69. The van der Waals surface area contributed by atoms with Gasteiger partial charge < -0.3 is 10.6 Å². The second-order valence-corrected chi connectivity index (χ2v) is 7.19. The fourth-order valence-corrected chi connectivity index (χ4v) is 3.70. The first kappa shape index (κ1) is 16.2. The first-order chi connectivity index (χ1) is 10.9. The molecule has 1 aliphatic carbocycles. The molecule has 3 amide bonds. The van der Waals surface area contributed by atoms with Crippen LogP contribution in [0.15, 0.2) is 23.7 Å². The normalized spacial score (nSPS) is 27.3. The number of rotatable bonds is 2.